The van der Waals surface area contributed by atoms with E-state index in [1.807, 2.05) is 25.1 Å². The van der Waals surface area contributed by atoms with Crippen LogP contribution in [0.2, 0.25) is 0 Å². The van der Waals surface area contributed by atoms with Crippen molar-refractivity contribution in [3.63, 3.8) is 0 Å². The molecule has 0 amide bonds. The minimum atomic E-state index is 0.0470. The molecule has 0 spiro atoms. The summed E-state index contributed by atoms with van der Waals surface area (Å²) in [6, 6.07) is 10.2. The van der Waals surface area contributed by atoms with Gasteiger partial charge in [0.05, 0.1) is 0 Å². The summed E-state index contributed by atoms with van der Waals surface area (Å²) in [5.74, 6) is 1.24. The van der Waals surface area contributed by atoms with Crippen LogP contribution < -0.4 is 5.32 Å². The fraction of sp³-hybridized carbons (Fsp3) is 0.188. The van der Waals surface area contributed by atoms with Crippen molar-refractivity contribution in [2.75, 3.05) is 5.32 Å². The van der Waals surface area contributed by atoms with Crippen LogP contribution in [0.25, 0.3) is 11.4 Å². The van der Waals surface area contributed by atoms with E-state index >= 15 is 0 Å². The number of hydrogen-bond acceptors (Lipinski definition) is 5. The van der Waals surface area contributed by atoms with Crippen LogP contribution in [0.15, 0.2) is 47.2 Å². The predicted octanol–water partition coefficient (Wildman–Crippen LogP) is 3.15. The Kier molecular flexibility index (Phi) is 2.70. The molecule has 4 rings (SSSR count). The van der Waals surface area contributed by atoms with Crippen molar-refractivity contribution < 1.29 is 4.52 Å². The normalized spacial score (nSPS) is 16.5. The molecule has 1 N–H and O–H groups in total. The number of rotatable bonds is 2. The maximum Gasteiger partial charge on any atom is 0.249 e. The number of hydrogen-bond donors (Lipinski definition) is 1. The highest BCUT2D eigenvalue weighted by atomic mass is 16.5. The van der Waals surface area contributed by atoms with Gasteiger partial charge in [-0.15, -0.1) is 0 Å². The second-order valence-corrected chi connectivity index (χ2v) is 5.21. The molecule has 1 unspecified atom stereocenters. The summed E-state index contributed by atoms with van der Waals surface area (Å²) in [5.41, 5.74) is 4.41. The lowest BCUT2D eigenvalue weighted by molar-refractivity contribution is 0.364. The van der Waals surface area contributed by atoms with E-state index in [1.54, 1.807) is 12.4 Å². The predicted molar refractivity (Wildman–Crippen MR) is 78.8 cm³/mol. The van der Waals surface area contributed by atoms with Gasteiger partial charge in [-0.1, -0.05) is 23.4 Å². The molecule has 0 radical (unpaired) electrons. The highest BCUT2D eigenvalue weighted by Crippen LogP contribution is 2.33. The van der Waals surface area contributed by atoms with E-state index in [0.717, 1.165) is 23.2 Å². The molecule has 1 aliphatic rings. The van der Waals surface area contributed by atoms with E-state index in [2.05, 4.69) is 32.6 Å². The van der Waals surface area contributed by atoms with Crippen molar-refractivity contribution >= 4 is 5.69 Å². The van der Waals surface area contributed by atoms with E-state index in [4.69, 9.17) is 4.52 Å². The number of anilines is 1. The molecule has 0 bridgehead atoms. The third-order valence-corrected chi connectivity index (χ3v) is 3.77. The molecule has 0 aliphatic carbocycles. The summed E-state index contributed by atoms with van der Waals surface area (Å²) in [7, 11) is 0. The number of nitrogens with one attached hydrogen (secondary N) is 1. The summed E-state index contributed by atoms with van der Waals surface area (Å²) >= 11 is 0. The third-order valence-electron chi connectivity index (χ3n) is 3.77. The zero-order valence-corrected chi connectivity index (χ0v) is 11.6. The Labute approximate surface area is 122 Å². The molecule has 1 aromatic carbocycles. The van der Waals surface area contributed by atoms with Crippen molar-refractivity contribution in [2.45, 2.75) is 19.4 Å². The molecule has 2 aromatic heterocycles. The first-order chi connectivity index (χ1) is 10.3. The van der Waals surface area contributed by atoms with Crippen LogP contribution >= 0.6 is 0 Å². The molecule has 5 nitrogen and oxygen atoms in total. The quantitative estimate of drug-likeness (QED) is 0.780. The lowest BCUT2D eigenvalue weighted by Crippen LogP contribution is -2.05. The van der Waals surface area contributed by atoms with E-state index in [0.29, 0.717) is 11.7 Å². The van der Waals surface area contributed by atoms with Crippen LogP contribution in [-0.4, -0.2) is 15.1 Å². The van der Waals surface area contributed by atoms with Gasteiger partial charge in [0.25, 0.3) is 0 Å². The first-order valence-corrected chi connectivity index (χ1v) is 6.90. The fourth-order valence-electron chi connectivity index (χ4n) is 2.66. The van der Waals surface area contributed by atoms with Gasteiger partial charge in [0, 0.05) is 30.1 Å². The number of aryl methyl sites for hydroxylation is 1. The summed E-state index contributed by atoms with van der Waals surface area (Å²) in [5, 5.41) is 7.52. The number of para-hydroxylation sites is 1. The van der Waals surface area contributed by atoms with Gasteiger partial charge in [0.15, 0.2) is 0 Å². The van der Waals surface area contributed by atoms with Crippen molar-refractivity contribution in [1.29, 1.82) is 0 Å². The largest absolute Gasteiger partial charge is 0.373 e. The molecule has 21 heavy (non-hydrogen) atoms. The SMILES string of the molecule is Cc1cnccc1-c1noc(C2Cc3ccccc3N2)n1. The lowest BCUT2D eigenvalue weighted by Gasteiger charge is -2.04. The van der Waals surface area contributed by atoms with Crippen LogP contribution in [0.5, 0.6) is 0 Å². The molecule has 3 heterocycles. The van der Waals surface area contributed by atoms with E-state index < -0.39 is 0 Å². The first kappa shape index (κ1) is 12.1. The molecular weight excluding hydrogens is 264 g/mol. The zero-order valence-electron chi connectivity index (χ0n) is 11.6. The zero-order chi connectivity index (χ0) is 14.2. The Hall–Kier alpha value is -2.69. The monoisotopic (exact) mass is 278 g/mol. The van der Waals surface area contributed by atoms with Crippen LogP contribution in [-0.2, 0) is 6.42 Å². The molecule has 5 heteroatoms. The Morgan fingerprint density at radius 1 is 1.24 bits per heavy atom. The standard InChI is InChI=1S/C16H14N4O/c1-10-9-17-7-6-12(10)15-19-16(21-20-15)14-8-11-4-2-3-5-13(11)18-14/h2-7,9,14,18H,8H2,1H3. The van der Waals surface area contributed by atoms with Crippen LogP contribution in [0, 0.1) is 6.92 Å². The number of aromatic nitrogens is 3. The minimum absolute atomic E-state index is 0.0470. The van der Waals surface area contributed by atoms with E-state index in [-0.39, 0.29) is 6.04 Å². The van der Waals surface area contributed by atoms with Crippen LogP contribution in [0.1, 0.15) is 23.1 Å². The average Bonchev–Trinajstić information content (AvgIpc) is 3.14. The minimum Gasteiger partial charge on any atom is -0.373 e. The number of nitrogens with zero attached hydrogens (tertiary/aromatic N) is 3. The van der Waals surface area contributed by atoms with Crippen molar-refractivity contribution in [3.05, 3.63) is 59.7 Å². The average molecular weight is 278 g/mol. The van der Waals surface area contributed by atoms with Gasteiger partial charge in [-0.3, -0.25) is 4.98 Å². The van der Waals surface area contributed by atoms with Gasteiger partial charge < -0.3 is 9.84 Å². The summed E-state index contributed by atoms with van der Waals surface area (Å²) in [6.45, 7) is 1.99. The Bertz CT molecular complexity index is 771. The maximum atomic E-state index is 5.45. The highest BCUT2D eigenvalue weighted by molar-refractivity contribution is 5.59. The van der Waals surface area contributed by atoms with Gasteiger partial charge in [-0.05, 0) is 30.2 Å². The molecule has 1 atom stereocenters. The van der Waals surface area contributed by atoms with Crippen molar-refractivity contribution in [1.82, 2.24) is 15.1 Å². The Balaban J connectivity index is 1.63. The third kappa shape index (κ3) is 2.07. The van der Waals surface area contributed by atoms with Crippen LogP contribution in [0.4, 0.5) is 5.69 Å². The van der Waals surface area contributed by atoms with Gasteiger partial charge in [-0.2, -0.15) is 4.98 Å². The van der Waals surface area contributed by atoms with Gasteiger partial charge in [0.2, 0.25) is 11.7 Å². The summed E-state index contributed by atoms with van der Waals surface area (Å²) in [4.78, 5) is 8.62. The number of fused-ring (bicyclic) bond motifs is 1. The smallest absolute Gasteiger partial charge is 0.249 e. The fourth-order valence-corrected chi connectivity index (χ4v) is 2.66. The molecule has 104 valence electrons. The highest BCUT2D eigenvalue weighted by Gasteiger charge is 2.26. The second-order valence-electron chi connectivity index (χ2n) is 5.21. The van der Waals surface area contributed by atoms with E-state index in [1.165, 1.54) is 5.56 Å². The number of pyridine rings is 1. The Morgan fingerprint density at radius 2 is 2.14 bits per heavy atom. The molecule has 3 aromatic rings. The van der Waals surface area contributed by atoms with E-state index in [9.17, 15) is 0 Å². The van der Waals surface area contributed by atoms with Gasteiger partial charge >= 0.3 is 0 Å². The van der Waals surface area contributed by atoms with Crippen molar-refractivity contribution in [3.8, 4) is 11.4 Å². The lowest BCUT2D eigenvalue weighted by atomic mass is 10.1. The summed E-state index contributed by atoms with van der Waals surface area (Å²) < 4.78 is 5.45. The van der Waals surface area contributed by atoms with Crippen LogP contribution in [0.3, 0.4) is 0 Å². The molecule has 1 aliphatic heterocycles. The molecular formula is C16H14N4O. The first-order valence-electron chi connectivity index (χ1n) is 6.90. The molecule has 0 saturated heterocycles. The van der Waals surface area contributed by atoms with Gasteiger partial charge in [0.1, 0.15) is 6.04 Å². The molecule has 0 saturated carbocycles. The summed E-state index contributed by atoms with van der Waals surface area (Å²) in [6.07, 6.45) is 4.41. The Morgan fingerprint density at radius 3 is 3.00 bits per heavy atom. The second kappa shape index (κ2) is 4.70. The van der Waals surface area contributed by atoms with Gasteiger partial charge in [-0.25, -0.2) is 0 Å². The molecule has 0 fully saturated rings. The maximum absolute atomic E-state index is 5.45. The topological polar surface area (TPSA) is 63.8 Å². The van der Waals surface area contributed by atoms with Crippen molar-refractivity contribution in [2.24, 2.45) is 0 Å². The number of benzene rings is 1.